The van der Waals surface area contributed by atoms with E-state index >= 15 is 0 Å². The van der Waals surface area contributed by atoms with Crippen LogP contribution in [-0.4, -0.2) is 47.2 Å². The lowest BCUT2D eigenvalue weighted by molar-refractivity contribution is -0.201. The summed E-state index contributed by atoms with van der Waals surface area (Å²) >= 11 is 1.43. The molecular weight excluding hydrogens is 252 g/mol. The fourth-order valence-corrected chi connectivity index (χ4v) is 3.11. The molecule has 2 N–H and O–H groups in total. The van der Waals surface area contributed by atoms with Crippen molar-refractivity contribution < 1.29 is 19.7 Å². The second kappa shape index (κ2) is 6.04. The Morgan fingerprint density at radius 2 is 1.83 bits per heavy atom. The molecular formula is C13H18O4S. The SMILES string of the molecule is COC1C(O)C(C)OC(Sc2ccccc2)C1O. The van der Waals surface area contributed by atoms with Crippen LogP contribution in [0.2, 0.25) is 0 Å². The largest absolute Gasteiger partial charge is 0.388 e. The average Bonchev–Trinajstić information content (AvgIpc) is 2.38. The van der Waals surface area contributed by atoms with Gasteiger partial charge in [-0.15, -0.1) is 0 Å². The number of aliphatic hydroxyl groups is 2. The van der Waals surface area contributed by atoms with Crippen molar-refractivity contribution in [3.05, 3.63) is 30.3 Å². The lowest BCUT2D eigenvalue weighted by atomic mass is 10.0. The van der Waals surface area contributed by atoms with Crippen molar-refractivity contribution in [1.82, 2.24) is 0 Å². The Bertz CT molecular complexity index is 373. The minimum Gasteiger partial charge on any atom is -0.388 e. The van der Waals surface area contributed by atoms with Gasteiger partial charge in [0, 0.05) is 12.0 Å². The first-order valence-corrected chi connectivity index (χ1v) is 6.77. The van der Waals surface area contributed by atoms with E-state index in [0.29, 0.717) is 0 Å². The number of aliphatic hydroxyl groups excluding tert-OH is 2. The van der Waals surface area contributed by atoms with Crippen molar-refractivity contribution in [3.63, 3.8) is 0 Å². The van der Waals surface area contributed by atoms with Crippen LogP contribution in [0.1, 0.15) is 6.92 Å². The highest BCUT2D eigenvalue weighted by Gasteiger charge is 2.43. The van der Waals surface area contributed by atoms with Crippen molar-refractivity contribution in [1.29, 1.82) is 0 Å². The van der Waals surface area contributed by atoms with Crippen LogP contribution in [0.25, 0.3) is 0 Å². The zero-order chi connectivity index (χ0) is 13.1. The summed E-state index contributed by atoms with van der Waals surface area (Å²) < 4.78 is 10.8. The Morgan fingerprint density at radius 1 is 1.17 bits per heavy atom. The van der Waals surface area contributed by atoms with E-state index in [1.54, 1.807) is 6.92 Å². The first kappa shape index (κ1) is 13.8. The number of benzene rings is 1. The molecule has 1 aromatic rings. The molecule has 0 spiro atoms. The molecule has 100 valence electrons. The van der Waals surface area contributed by atoms with Gasteiger partial charge in [0.2, 0.25) is 0 Å². The number of hydrogen-bond acceptors (Lipinski definition) is 5. The minimum absolute atomic E-state index is 0.362. The van der Waals surface area contributed by atoms with Crippen LogP contribution in [-0.2, 0) is 9.47 Å². The molecule has 0 amide bonds. The predicted octanol–water partition coefficient (Wildman–Crippen LogP) is 1.26. The first-order chi connectivity index (χ1) is 8.63. The van der Waals surface area contributed by atoms with Crippen LogP contribution < -0.4 is 0 Å². The van der Waals surface area contributed by atoms with Gasteiger partial charge in [-0.25, -0.2) is 0 Å². The molecule has 1 aliphatic rings. The number of hydrogen-bond donors (Lipinski definition) is 2. The molecule has 1 saturated heterocycles. The number of rotatable bonds is 3. The molecule has 0 aliphatic carbocycles. The van der Waals surface area contributed by atoms with Crippen LogP contribution in [0.5, 0.6) is 0 Å². The third kappa shape index (κ3) is 2.87. The van der Waals surface area contributed by atoms with E-state index in [1.807, 2.05) is 30.3 Å². The van der Waals surface area contributed by atoms with E-state index in [0.717, 1.165) is 4.90 Å². The molecule has 0 bridgehead atoms. The lowest BCUT2D eigenvalue weighted by Gasteiger charge is -2.40. The molecule has 18 heavy (non-hydrogen) atoms. The Labute approximate surface area is 111 Å². The molecule has 0 saturated carbocycles. The van der Waals surface area contributed by atoms with Gasteiger partial charge in [0.15, 0.2) is 0 Å². The standard InChI is InChI=1S/C13H18O4S/c1-8-10(14)12(16-2)11(15)13(17-8)18-9-6-4-3-5-7-9/h3-8,10-15H,1-2H3. The Hall–Kier alpha value is -0.590. The fourth-order valence-electron chi connectivity index (χ4n) is 2.01. The number of ether oxygens (including phenoxy) is 2. The summed E-state index contributed by atoms with van der Waals surface area (Å²) in [7, 11) is 1.49. The Balaban J connectivity index is 2.08. The van der Waals surface area contributed by atoms with E-state index in [2.05, 4.69) is 0 Å². The second-order valence-corrected chi connectivity index (χ2v) is 5.49. The highest BCUT2D eigenvalue weighted by Crippen LogP contribution is 2.33. The highest BCUT2D eigenvalue weighted by atomic mass is 32.2. The van der Waals surface area contributed by atoms with E-state index in [-0.39, 0.29) is 6.10 Å². The van der Waals surface area contributed by atoms with E-state index in [1.165, 1.54) is 18.9 Å². The zero-order valence-corrected chi connectivity index (χ0v) is 11.2. The second-order valence-electron chi connectivity index (χ2n) is 4.32. The van der Waals surface area contributed by atoms with Crippen molar-refractivity contribution >= 4 is 11.8 Å². The summed E-state index contributed by atoms with van der Waals surface area (Å²) in [6.07, 6.45) is -2.64. The van der Waals surface area contributed by atoms with Gasteiger partial charge < -0.3 is 19.7 Å². The van der Waals surface area contributed by atoms with Gasteiger partial charge >= 0.3 is 0 Å². The van der Waals surface area contributed by atoms with Crippen molar-refractivity contribution in [2.45, 2.75) is 41.7 Å². The summed E-state index contributed by atoms with van der Waals surface area (Å²) in [5, 5.41) is 20.0. The van der Waals surface area contributed by atoms with Crippen LogP contribution >= 0.6 is 11.8 Å². The smallest absolute Gasteiger partial charge is 0.136 e. The van der Waals surface area contributed by atoms with Crippen LogP contribution in [0, 0.1) is 0 Å². The molecule has 1 aliphatic heterocycles. The van der Waals surface area contributed by atoms with Gasteiger partial charge in [0.1, 0.15) is 23.7 Å². The van der Waals surface area contributed by atoms with Gasteiger partial charge in [-0.3, -0.25) is 0 Å². The van der Waals surface area contributed by atoms with Crippen LogP contribution in [0.3, 0.4) is 0 Å². The summed E-state index contributed by atoms with van der Waals surface area (Å²) in [5.41, 5.74) is -0.434. The third-order valence-electron chi connectivity index (χ3n) is 3.05. The highest BCUT2D eigenvalue weighted by molar-refractivity contribution is 7.99. The van der Waals surface area contributed by atoms with E-state index in [4.69, 9.17) is 9.47 Å². The summed E-state index contributed by atoms with van der Waals surface area (Å²) in [6.45, 7) is 1.78. The number of thioether (sulfide) groups is 1. The van der Waals surface area contributed by atoms with Gasteiger partial charge in [-0.2, -0.15) is 0 Å². The van der Waals surface area contributed by atoms with Gasteiger partial charge in [0.05, 0.1) is 6.10 Å². The number of methoxy groups -OCH3 is 1. The van der Waals surface area contributed by atoms with Crippen molar-refractivity contribution in [2.75, 3.05) is 7.11 Å². The Morgan fingerprint density at radius 3 is 2.44 bits per heavy atom. The lowest BCUT2D eigenvalue weighted by Crippen LogP contribution is -2.56. The third-order valence-corrected chi connectivity index (χ3v) is 4.22. The minimum atomic E-state index is -0.855. The average molecular weight is 270 g/mol. The fraction of sp³-hybridized carbons (Fsp3) is 0.538. The molecule has 5 unspecified atom stereocenters. The molecule has 0 aromatic heterocycles. The van der Waals surface area contributed by atoms with Gasteiger partial charge in [0.25, 0.3) is 0 Å². The maximum absolute atomic E-state index is 10.1. The first-order valence-electron chi connectivity index (χ1n) is 5.89. The van der Waals surface area contributed by atoms with Gasteiger partial charge in [-0.05, 0) is 19.1 Å². The maximum Gasteiger partial charge on any atom is 0.136 e. The van der Waals surface area contributed by atoms with Crippen molar-refractivity contribution in [3.8, 4) is 0 Å². The molecule has 0 radical (unpaired) electrons. The molecule has 5 heteroatoms. The van der Waals surface area contributed by atoms with Gasteiger partial charge in [-0.1, -0.05) is 30.0 Å². The van der Waals surface area contributed by atoms with Crippen molar-refractivity contribution in [2.24, 2.45) is 0 Å². The van der Waals surface area contributed by atoms with Crippen LogP contribution in [0.15, 0.2) is 35.2 Å². The molecule has 1 heterocycles. The predicted molar refractivity (Wildman–Crippen MR) is 69.4 cm³/mol. The normalized spacial score (nSPS) is 36.6. The molecule has 2 rings (SSSR count). The molecule has 4 nitrogen and oxygen atoms in total. The quantitative estimate of drug-likeness (QED) is 0.866. The monoisotopic (exact) mass is 270 g/mol. The summed E-state index contributed by atoms with van der Waals surface area (Å²) in [6, 6.07) is 9.72. The molecule has 1 aromatic carbocycles. The maximum atomic E-state index is 10.1. The topological polar surface area (TPSA) is 58.9 Å². The zero-order valence-electron chi connectivity index (χ0n) is 10.4. The summed E-state index contributed by atoms with van der Waals surface area (Å²) in [4.78, 5) is 1.01. The van der Waals surface area contributed by atoms with E-state index in [9.17, 15) is 10.2 Å². The molecule has 5 atom stereocenters. The Kier molecular flexibility index (Phi) is 4.64. The van der Waals surface area contributed by atoms with Crippen LogP contribution in [0.4, 0.5) is 0 Å². The summed E-state index contributed by atoms with van der Waals surface area (Å²) in [5.74, 6) is 0. The van der Waals surface area contributed by atoms with E-state index < -0.39 is 23.7 Å². The molecule has 1 fully saturated rings.